The molecule has 0 aliphatic rings. The molecule has 0 unspecified atom stereocenters. The van der Waals surface area contributed by atoms with E-state index in [4.69, 9.17) is 10.5 Å². The van der Waals surface area contributed by atoms with Gasteiger partial charge >= 0.3 is 0 Å². The summed E-state index contributed by atoms with van der Waals surface area (Å²) in [5.41, 5.74) is 13.1. The predicted molar refractivity (Wildman–Crippen MR) is 109 cm³/mol. The quantitative estimate of drug-likeness (QED) is 0.536. The van der Waals surface area contributed by atoms with Gasteiger partial charge < -0.3 is 15.5 Å². The van der Waals surface area contributed by atoms with Crippen molar-refractivity contribution in [2.24, 2.45) is 5.73 Å². The van der Waals surface area contributed by atoms with E-state index >= 15 is 0 Å². The van der Waals surface area contributed by atoms with Crippen molar-refractivity contribution in [2.75, 3.05) is 13.7 Å². The van der Waals surface area contributed by atoms with E-state index in [1.165, 1.54) is 27.6 Å². The standard InChI is InChI=1S/C21H25BrN2O/c1-13-7-8-14(2)20-19(13)16(6-4-5-11-23)21(24-20)17-12-15(22)9-10-18(17)25-3/h7-10,12,24H,4-6,11,23H2,1-3H3. The third kappa shape index (κ3) is 3.46. The lowest BCUT2D eigenvalue weighted by atomic mass is 9.96. The van der Waals surface area contributed by atoms with Gasteiger partial charge in [-0.2, -0.15) is 0 Å². The fraction of sp³-hybridized carbons (Fsp3) is 0.333. The number of aromatic amines is 1. The van der Waals surface area contributed by atoms with Crippen molar-refractivity contribution >= 4 is 26.8 Å². The summed E-state index contributed by atoms with van der Waals surface area (Å²) in [7, 11) is 1.72. The van der Waals surface area contributed by atoms with Crippen LogP contribution in [0.4, 0.5) is 0 Å². The molecule has 0 aliphatic heterocycles. The van der Waals surface area contributed by atoms with E-state index in [1.807, 2.05) is 12.1 Å². The zero-order chi connectivity index (χ0) is 18.0. The van der Waals surface area contributed by atoms with Gasteiger partial charge in [0.1, 0.15) is 5.75 Å². The van der Waals surface area contributed by atoms with Gasteiger partial charge in [0.25, 0.3) is 0 Å². The lowest BCUT2D eigenvalue weighted by Crippen LogP contribution is -2.00. The molecule has 0 fully saturated rings. The number of rotatable bonds is 6. The lowest BCUT2D eigenvalue weighted by Gasteiger charge is -2.11. The summed E-state index contributed by atoms with van der Waals surface area (Å²) in [6, 6.07) is 10.5. The smallest absolute Gasteiger partial charge is 0.128 e. The summed E-state index contributed by atoms with van der Waals surface area (Å²) in [4.78, 5) is 3.69. The van der Waals surface area contributed by atoms with Crippen LogP contribution in [-0.2, 0) is 6.42 Å². The number of aromatic nitrogens is 1. The predicted octanol–water partition coefficient (Wildman–Crippen LogP) is 5.50. The minimum Gasteiger partial charge on any atom is -0.496 e. The molecule has 0 aliphatic carbocycles. The van der Waals surface area contributed by atoms with Gasteiger partial charge in [-0.05, 0) is 74.5 Å². The van der Waals surface area contributed by atoms with Crippen molar-refractivity contribution in [1.29, 1.82) is 0 Å². The maximum absolute atomic E-state index is 5.72. The highest BCUT2D eigenvalue weighted by molar-refractivity contribution is 9.10. The molecule has 0 spiro atoms. The Morgan fingerprint density at radius 2 is 1.84 bits per heavy atom. The molecular weight excluding hydrogens is 376 g/mol. The largest absolute Gasteiger partial charge is 0.496 e. The van der Waals surface area contributed by atoms with Gasteiger partial charge in [-0.25, -0.2) is 0 Å². The molecule has 3 N–H and O–H groups in total. The number of benzene rings is 2. The summed E-state index contributed by atoms with van der Waals surface area (Å²) >= 11 is 3.60. The van der Waals surface area contributed by atoms with E-state index in [2.05, 4.69) is 53.0 Å². The van der Waals surface area contributed by atoms with Gasteiger partial charge in [-0.15, -0.1) is 0 Å². The van der Waals surface area contributed by atoms with Crippen molar-refractivity contribution in [3.8, 4) is 17.0 Å². The molecule has 0 saturated carbocycles. The first-order chi connectivity index (χ1) is 12.1. The van der Waals surface area contributed by atoms with Crippen LogP contribution in [0.25, 0.3) is 22.2 Å². The number of ether oxygens (including phenoxy) is 1. The van der Waals surface area contributed by atoms with Crippen molar-refractivity contribution < 1.29 is 4.74 Å². The maximum atomic E-state index is 5.72. The topological polar surface area (TPSA) is 51.0 Å². The zero-order valence-electron chi connectivity index (χ0n) is 15.1. The van der Waals surface area contributed by atoms with E-state index in [9.17, 15) is 0 Å². The molecule has 0 bridgehead atoms. The van der Waals surface area contributed by atoms with E-state index < -0.39 is 0 Å². The highest BCUT2D eigenvalue weighted by Gasteiger charge is 2.18. The number of hydrogen-bond acceptors (Lipinski definition) is 2. The first kappa shape index (κ1) is 18.0. The molecule has 2 aromatic carbocycles. The van der Waals surface area contributed by atoms with Gasteiger partial charge in [0, 0.05) is 20.9 Å². The molecule has 1 aromatic heterocycles. The highest BCUT2D eigenvalue weighted by Crippen LogP contribution is 2.39. The Labute approximate surface area is 157 Å². The minimum atomic E-state index is 0.732. The third-order valence-electron chi connectivity index (χ3n) is 4.79. The van der Waals surface area contributed by atoms with E-state index in [-0.39, 0.29) is 0 Å². The summed E-state index contributed by atoms with van der Waals surface area (Å²) in [5, 5.41) is 1.34. The Morgan fingerprint density at radius 3 is 2.56 bits per heavy atom. The van der Waals surface area contributed by atoms with Crippen LogP contribution in [0, 0.1) is 13.8 Å². The van der Waals surface area contributed by atoms with Crippen LogP contribution < -0.4 is 10.5 Å². The van der Waals surface area contributed by atoms with E-state index in [0.717, 1.165) is 47.3 Å². The van der Waals surface area contributed by atoms with Crippen LogP contribution in [0.5, 0.6) is 5.75 Å². The zero-order valence-corrected chi connectivity index (χ0v) is 16.7. The van der Waals surface area contributed by atoms with Crippen LogP contribution in [0.3, 0.4) is 0 Å². The van der Waals surface area contributed by atoms with E-state index in [0.29, 0.717) is 0 Å². The van der Waals surface area contributed by atoms with Crippen LogP contribution in [0.15, 0.2) is 34.8 Å². The molecule has 0 atom stereocenters. The molecule has 132 valence electrons. The number of unbranched alkanes of at least 4 members (excludes halogenated alkanes) is 1. The van der Waals surface area contributed by atoms with Crippen LogP contribution in [-0.4, -0.2) is 18.6 Å². The fourth-order valence-corrected chi connectivity index (χ4v) is 3.85. The van der Waals surface area contributed by atoms with Crippen molar-refractivity contribution in [1.82, 2.24) is 4.98 Å². The Morgan fingerprint density at radius 1 is 1.08 bits per heavy atom. The number of nitrogens with two attached hydrogens (primary N) is 1. The number of methoxy groups -OCH3 is 1. The second-order valence-corrected chi connectivity index (χ2v) is 7.43. The molecule has 1 heterocycles. The molecular formula is C21H25BrN2O. The van der Waals surface area contributed by atoms with Gasteiger partial charge in [0.2, 0.25) is 0 Å². The Hall–Kier alpha value is -1.78. The number of aryl methyl sites for hydroxylation is 3. The molecule has 25 heavy (non-hydrogen) atoms. The van der Waals surface area contributed by atoms with Crippen LogP contribution >= 0.6 is 15.9 Å². The minimum absolute atomic E-state index is 0.732. The Balaban J connectivity index is 2.27. The van der Waals surface area contributed by atoms with Gasteiger partial charge in [-0.3, -0.25) is 0 Å². The SMILES string of the molecule is COc1ccc(Br)cc1-c1[nH]c2c(C)ccc(C)c2c1CCCCN. The first-order valence-electron chi connectivity index (χ1n) is 8.71. The van der Waals surface area contributed by atoms with Gasteiger partial charge in [0.15, 0.2) is 0 Å². The number of nitrogens with one attached hydrogen (secondary N) is 1. The van der Waals surface area contributed by atoms with Crippen molar-refractivity contribution in [3.63, 3.8) is 0 Å². The molecule has 4 heteroatoms. The fourth-order valence-electron chi connectivity index (χ4n) is 3.49. The van der Waals surface area contributed by atoms with Crippen molar-refractivity contribution in [2.45, 2.75) is 33.1 Å². The molecule has 3 rings (SSSR count). The molecule has 0 radical (unpaired) electrons. The lowest BCUT2D eigenvalue weighted by molar-refractivity contribution is 0.416. The number of hydrogen-bond donors (Lipinski definition) is 2. The van der Waals surface area contributed by atoms with Gasteiger partial charge in [0.05, 0.1) is 12.8 Å². The first-order valence-corrected chi connectivity index (χ1v) is 9.50. The number of halogens is 1. The monoisotopic (exact) mass is 400 g/mol. The average Bonchev–Trinajstić information content (AvgIpc) is 2.99. The normalized spacial score (nSPS) is 11.2. The second-order valence-electron chi connectivity index (χ2n) is 6.52. The molecule has 0 saturated heterocycles. The Kier molecular flexibility index (Phi) is 5.50. The summed E-state index contributed by atoms with van der Waals surface area (Å²) in [6.45, 7) is 5.07. The van der Waals surface area contributed by atoms with Crippen LogP contribution in [0.1, 0.15) is 29.5 Å². The highest BCUT2D eigenvalue weighted by atomic mass is 79.9. The summed E-state index contributed by atoms with van der Waals surface area (Å²) < 4.78 is 6.68. The number of H-pyrrole nitrogens is 1. The average molecular weight is 401 g/mol. The molecule has 0 amide bonds. The maximum Gasteiger partial charge on any atom is 0.128 e. The van der Waals surface area contributed by atoms with E-state index in [1.54, 1.807) is 7.11 Å². The molecule has 3 nitrogen and oxygen atoms in total. The number of fused-ring (bicyclic) bond motifs is 1. The third-order valence-corrected chi connectivity index (χ3v) is 5.28. The van der Waals surface area contributed by atoms with Crippen LogP contribution in [0.2, 0.25) is 0 Å². The molecule has 3 aromatic rings. The van der Waals surface area contributed by atoms with Crippen molar-refractivity contribution in [3.05, 3.63) is 51.5 Å². The summed E-state index contributed by atoms with van der Waals surface area (Å²) in [6.07, 6.45) is 3.12. The summed E-state index contributed by atoms with van der Waals surface area (Å²) in [5.74, 6) is 0.880. The Bertz CT molecular complexity index is 899. The van der Waals surface area contributed by atoms with Gasteiger partial charge in [-0.1, -0.05) is 28.1 Å². The second kappa shape index (κ2) is 7.63.